The van der Waals surface area contributed by atoms with Gasteiger partial charge in [0.15, 0.2) is 0 Å². The SMILES string of the molecule is CCOc1nc2ccccc2cc1C=CC(=O)O. The smallest absolute Gasteiger partial charge is 0.328 e. The van der Waals surface area contributed by atoms with Gasteiger partial charge in [-0.1, -0.05) is 18.2 Å². The molecular formula is C14H13NO3. The zero-order valence-corrected chi connectivity index (χ0v) is 9.96. The summed E-state index contributed by atoms with van der Waals surface area (Å²) in [6.07, 6.45) is 2.57. The van der Waals surface area contributed by atoms with Crippen molar-refractivity contribution in [3.05, 3.63) is 42.0 Å². The number of rotatable bonds is 4. The van der Waals surface area contributed by atoms with Crippen LogP contribution in [0.15, 0.2) is 36.4 Å². The molecular weight excluding hydrogens is 230 g/mol. The van der Waals surface area contributed by atoms with E-state index in [4.69, 9.17) is 9.84 Å². The normalized spacial score (nSPS) is 10.9. The number of carboxylic acid groups (broad SMARTS) is 1. The second-order valence-corrected chi connectivity index (χ2v) is 3.68. The van der Waals surface area contributed by atoms with E-state index >= 15 is 0 Å². The summed E-state index contributed by atoms with van der Waals surface area (Å²) in [6.45, 7) is 2.35. The molecule has 0 radical (unpaired) electrons. The number of carboxylic acids is 1. The molecule has 0 aliphatic rings. The highest BCUT2D eigenvalue weighted by Gasteiger charge is 2.05. The van der Waals surface area contributed by atoms with Crippen LogP contribution in [0, 0.1) is 0 Å². The molecule has 2 rings (SSSR count). The van der Waals surface area contributed by atoms with Crippen LogP contribution in [0.2, 0.25) is 0 Å². The number of pyridine rings is 1. The van der Waals surface area contributed by atoms with Gasteiger partial charge < -0.3 is 9.84 Å². The summed E-state index contributed by atoms with van der Waals surface area (Å²) in [5, 5.41) is 9.61. The second-order valence-electron chi connectivity index (χ2n) is 3.68. The molecule has 4 nitrogen and oxygen atoms in total. The maximum absolute atomic E-state index is 10.6. The number of nitrogens with zero attached hydrogens (tertiary/aromatic N) is 1. The Hall–Kier alpha value is -2.36. The summed E-state index contributed by atoms with van der Waals surface area (Å²) in [6, 6.07) is 9.50. The van der Waals surface area contributed by atoms with Gasteiger partial charge in [-0.25, -0.2) is 9.78 Å². The van der Waals surface area contributed by atoms with Crippen LogP contribution in [0.3, 0.4) is 0 Å². The van der Waals surface area contributed by atoms with Crippen LogP contribution in [0.4, 0.5) is 0 Å². The fourth-order valence-electron chi connectivity index (χ4n) is 1.65. The maximum Gasteiger partial charge on any atom is 0.328 e. The molecule has 1 aromatic heterocycles. The first-order chi connectivity index (χ1) is 8.70. The van der Waals surface area contributed by atoms with Crippen LogP contribution >= 0.6 is 0 Å². The molecule has 0 fully saturated rings. The molecule has 1 aromatic carbocycles. The lowest BCUT2D eigenvalue weighted by atomic mass is 10.1. The van der Waals surface area contributed by atoms with E-state index in [-0.39, 0.29) is 0 Å². The minimum absolute atomic E-state index is 0.453. The Morgan fingerprint density at radius 1 is 1.44 bits per heavy atom. The fraction of sp³-hybridized carbons (Fsp3) is 0.143. The monoisotopic (exact) mass is 243 g/mol. The zero-order chi connectivity index (χ0) is 13.0. The number of para-hydroxylation sites is 1. The number of fused-ring (bicyclic) bond motifs is 1. The van der Waals surface area contributed by atoms with Gasteiger partial charge >= 0.3 is 5.97 Å². The lowest BCUT2D eigenvalue weighted by molar-refractivity contribution is -0.131. The quantitative estimate of drug-likeness (QED) is 0.839. The Labute approximate surface area is 105 Å². The highest BCUT2D eigenvalue weighted by molar-refractivity contribution is 5.88. The first-order valence-corrected chi connectivity index (χ1v) is 5.64. The third-order valence-electron chi connectivity index (χ3n) is 2.40. The van der Waals surface area contributed by atoms with E-state index < -0.39 is 5.97 Å². The molecule has 18 heavy (non-hydrogen) atoms. The van der Waals surface area contributed by atoms with Gasteiger partial charge in [0, 0.05) is 17.0 Å². The van der Waals surface area contributed by atoms with E-state index in [0.717, 1.165) is 17.0 Å². The number of aromatic nitrogens is 1. The summed E-state index contributed by atoms with van der Waals surface area (Å²) in [5.74, 6) is -0.542. The number of hydrogen-bond donors (Lipinski definition) is 1. The predicted octanol–water partition coefficient (Wildman–Crippen LogP) is 2.73. The van der Waals surface area contributed by atoms with E-state index in [1.165, 1.54) is 6.08 Å². The molecule has 0 saturated carbocycles. The number of hydrogen-bond acceptors (Lipinski definition) is 3. The van der Waals surface area contributed by atoms with Crippen molar-refractivity contribution in [3.8, 4) is 5.88 Å². The third kappa shape index (κ3) is 2.66. The number of carbonyl (C=O) groups is 1. The number of ether oxygens (including phenoxy) is 1. The first kappa shape index (κ1) is 12.1. The van der Waals surface area contributed by atoms with Crippen LogP contribution in [-0.4, -0.2) is 22.7 Å². The average molecular weight is 243 g/mol. The lowest BCUT2D eigenvalue weighted by Crippen LogP contribution is -1.98. The predicted molar refractivity (Wildman–Crippen MR) is 69.6 cm³/mol. The molecule has 92 valence electrons. The Morgan fingerprint density at radius 3 is 2.94 bits per heavy atom. The van der Waals surface area contributed by atoms with Crippen LogP contribution < -0.4 is 4.74 Å². The van der Waals surface area contributed by atoms with E-state index in [0.29, 0.717) is 18.1 Å². The summed E-state index contributed by atoms with van der Waals surface area (Å²) in [4.78, 5) is 14.9. The molecule has 0 unspecified atom stereocenters. The van der Waals surface area contributed by atoms with Crippen molar-refractivity contribution in [2.24, 2.45) is 0 Å². The van der Waals surface area contributed by atoms with Crippen LogP contribution in [-0.2, 0) is 4.79 Å². The molecule has 0 spiro atoms. The molecule has 0 amide bonds. The fourth-order valence-corrected chi connectivity index (χ4v) is 1.65. The third-order valence-corrected chi connectivity index (χ3v) is 2.40. The van der Waals surface area contributed by atoms with E-state index in [2.05, 4.69) is 4.98 Å². The van der Waals surface area contributed by atoms with E-state index in [1.807, 2.05) is 37.3 Å². The van der Waals surface area contributed by atoms with Crippen LogP contribution in [0.5, 0.6) is 5.88 Å². The van der Waals surface area contributed by atoms with Crippen molar-refractivity contribution < 1.29 is 14.6 Å². The summed E-state index contributed by atoms with van der Waals surface area (Å²) in [7, 11) is 0. The minimum atomic E-state index is -0.995. The molecule has 0 atom stereocenters. The molecule has 1 N–H and O–H groups in total. The molecule has 2 aromatic rings. The first-order valence-electron chi connectivity index (χ1n) is 5.64. The molecule has 4 heteroatoms. The van der Waals surface area contributed by atoms with E-state index in [9.17, 15) is 4.79 Å². The summed E-state index contributed by atoms with van der Waals surface area (Å²) in [5.41, 5.74) is 1.49. The maximum atomic E-state index is 10.6. The van der Waals surface area contributed by atoms with Gasteiger partial charge in [-0.15, -0.1) is 0 Å². The highest BCUT2D eigenvalue weighted by atomic mass is 16.5. The van der Waals surface area contributed by atoms with Crippen LogP contribution in [0.25, 0.3) is 17.0 Å². The number of benzene rings is 1. The second kappa shape index (κ2) is 5.31. The highest BCUT2D eigenvalue weighted by Crippen LogP contribution is 2.23. The van der Waals surface area contributed by atoms with Crippen molar-refractivity contribution in [2.45, 2.75) is 6.92 Å². The van der Waals surface area contributed by atoms with Crippen molar-refractivity contribution in [3.63, 3.8) is 0 Å². The largest absolute Gasteiger partial charge is 0.478 e. The Kier molecular flexibility index (Phi) is 3.57. The minimum Gasteiger partial charge on any atom is -0.478 e. The van der Waals surface area contributed by atoms with E-state index in [1.54, 1.807) is 0 Å². The van der Waals surface area contributed by atoms with Gasteiger partial charge in [-0.2, -0.15) is 0 Å². The van der Waals surface area contributed by atoms with Gasteiger partial charge in [-0.3, -0.25) is 0 Å². The molecule has 1 heterocycles. The van der Waals surface area contributed by atoms with Crippen molar-refractivity contribution in [1.29, 1.82) is 0 Å². The van der Waals surface area contributed by atoms with Crippen molar-refractivity contribution >= 4 is 22.9 Å². The van der Waals surface area contributed by atoms with Gasteiger partial charge in [0.2, 0.25) is 5.88 Å². The topological polar surface area (TPSA) is 59.4 Å². The average Bonchev–Trinajstić information content (AvgIpc) is 2.36. The summed E-state index contributed by atoms with van der Waals surface area (Å²) < 4.78 is 5.42. The van der Waals surface area contributed by atoms with Gasteiger partial charge in [-0.05, 0) is 25.1 Å². The Bertz CT molecular complexity index is 605. The Balaban J connectivity index is 2.53. The molecule has 0 bridgehead atoms. The molecule has 0 aliphatic heterocycles. The standard InChI is InChI=1S/C14H13NO3/c1-2-18-14-11(7-8-13(16)17)9-10-5-3-4-6-12(10)15-14/h3-9H,2H2,1H3,(H,16,17). The summed E-state index contributed by atoms with van der Waals surface area (Å²) >= 11 is 0. The van der Waals surface area contributed by atoms with Crippen molar-refractivity contribution in [1.82, 2.24) is 4.98 Å². The molecule has 0 aliphatic carbocycles. The van der Waals surface area contributed by atoms with Gasteiger partial charge in [0.25, 0.3) is 0 Å². The Morgan fingerprint density at radius 2 is 2.22 bits per heavy atom. The lowest BCUT2D eigenvalue weighted by Gasteiger charge is -2.07. The van der Waals surface area contributed by atoms with Gasteiger partial charge in [0.05, 0.1) is 12.1 Å². The van der Waals surface area contributed by atoms with Gasteiger partial charge in [0.1, 0.15) is 0 Å². The zero-order valence-electron chi connectivity index (χ0n) is 9.96. The van der Waals surface area contributed by atoms with Crippen LogP contribution in [0.1, 0.15) is 12.5 Å². The number of aliphatic carboxylic acids is 1. The molecule has 0 saturated heterocycles. The van der Waals surface area contributed by atoms with Crippen molar-refractivity contribution in [2.75, 3.05) is 6.61 Å².